The van der Waals surface area contributed by atoms with Crippen LogP contribution in [0.4, 0.5) is 0 Å². The van der Waals surface area contributed by atoms with Gasteiger partial charge in [-0.1, -0.05) is 0 Å². The van der Waals surface area contributed by atoms with Gasteiger partial charge in [0.15, 0.2) is 0 Å². The van der Waals surface area contributed by atoms with Crippen LogP contribution in [0.2, 0.25) is 0 Å². The Labute approximate surface area is 78.1 Å². The molecule has 4 heteroatoms. The average Bonchev–Trinajstić information content (AvgIpc) is 2.21. The third kappa shape index (κ3) is 1.76. The molecule has 0 spiro atoms. The topological polar surface area (TPSA) is 18.5 Å². The molecule has 2 nitrogen and oxygen atoms in total. The molecule has 2 rings (SSSR count). The van der Waals surface area contributed by atoms with Crippen LogP contribution in [0, 0.1) is 0 Å². The summed E-state index contributed by atoms with van der Waals surface area (Å²) in [4.78, 5) is 0. The van der Waals surface area contributed by atoms with E-state index in [0.717, 1.165) is 5.94 Å². The minimum absolute atomic E-state index is 0.0827. The van der Waals surface area contributed by atoms with Crippen LogP contribution in [0.1, 0.15) is 0 Å². The van der Waals surface area contributed by atoms with Crippen molar-refractivity contribution in [3.8, 4) is 0 Å². The molecule has 0 fully saturated rings. The minimum atomic E-state index is 0.0827. The highest BCUT2D eigenvalue weighted by atomic mass is 32.2. The van der Waals surface area contributed by atoms with Crippen molar-refractivity contribution in [2.45, 2.75) is 0 Å². The molecule has 64 valence electrons. The largest absolute Gasteiger partial charge is 0.491 e. The zero-order valence-electron chi connectivity index (χ0n) is 6.30. The summed E-state index contributed by atoms with van der Waals surface area (Å²) in [5, 5.41) is 2.14. The fourth-order valence-corrected chi connectivity index (χ4v) is 3.03. The molecule has 0 aromatic heterocycles. The lowest BCUT2D eigenvalue weighted by atomic mass is 10.6. The van der Waals surface area contributed by atoms with Crippen molar-refractivity contribution in [1.29, 1.82) is 0 Å². The van der Waals surface area contributed by atoms with E-state index in [2.05, 4.69) is 11.4 Å². The van der Waals surface area contributed by atoms with E-state index < -0.39 is 0 Å². The van der Waals surface area contributed by atoms with Gasteiger partial charge in [0.05, 0.1) is 22.5 Å². The van der Waals surface area contributed by atoms with Gasteiger partial charge in [-0.3, -0.25) is 0 Å². The van der Waals surface area contributed by atoms with Gasteiger partial charge in [-0.25, -0.2) is 0 Å². The second-order valence-corrected chi connectivity index (χ2v) is 5.03. The molecule has 0 radical (unpaired) electrons. The minimum Gasteiger partial charge on any atom is -0.491 e. The van der Waals surface area contributed by atoms with Crippen LogP contribution in [0.25, 0.3) is 0 Å². The van der Waals surface area contributed by atoms with Crippen molar-refractivity contribution in [2.24, 2.45) is 0 Å². The molecule has 0 amide bonds. The molecular formula is C8H8O2S2. The lowest BCUT2D eigenvalue weighted by Gasteiger charge is -2.14. The lowest BCUT2D eigenvalue weighted by Crippen LogP contribution is -1.93. The molecule has 0 bridgehead atoms. The molecule has 12 heavy (non-hydrogen) atoms. The predicted octanol–water partition coefficient (Wildman–Crippen LogP) is 2.59. The van der Waals surface area contributed by atoms with Crippen molar-refractivity contribution < 1.29 is 8.92 Å². The maximum atomic E-state index is 5.20. The van der Waals surface area contributed by atoms with E-state index in [1.807, 2.05) is 12.2 Å². The van der Waals surface area contributed by atoms with Gasteiger partial charge in [-0.2, -0.15) is 0 Å². The Morgan fingerprint density at radius 2 is 2.33 bits per heavy atom. The van der Waals surface area contributed by atoms with Crippen molar-refractivity contribution in [1.82, 2.24) is 0 Å². The molecule has 2 aliphatic heterocycles. The first-order valence-corrected chi connectivity index (χ1v) is 5.68. The summed E-state index contributed by atoms with van der Waals surface area (Å²) < 4.78 is 11.5. The number of rotatable bonds is 1. The molecule has 0 aliphatic carbocycles. The third-order valence-corrected chi connectivity index (χ3v) is 4.25. The zero-order valence-corrected chi connectivity index (χ0v) is 7.94. The highest BCUT2D eigenvalue weighted by Crippen LogP contribution is 2.38. The Kier molecular flexibility index (Phi) is 2.58. The number of hydrogen-bond donors (Lipinski definition) is 0. The predicted molar refractivity (Wildman–Crippen MR) is 54.6 cm³/mol. The summed E-state index contributed by atoms with van der Waals surface area (Å²) in [5.41, 5.74) is 0. The van der Waals surface area contributed by atoms with Crippen LogP contribution in [-0.2, 0) is 8.92 Å². The molecule has 0 aromatic carbocycles. The Balaban J connectivity index is 2.17. The average molecular weight is 200 g/mol. The highest BCUT2D eigenvalue weighted by Gasteiger charge is 2.08. The normalized spacial score (nSPS) is 26.7. The molecule has 1 atom stereocenters. The van der Waals surface area contributed by atoms with E-state index in [-0.39, 0.29) is 10.5 Å². The van der Waals surface area contributed by atoms with Crippen LogP contribution < -0.4 is 0 Å². The van der Waals surface area contributed by atoms with Crippen LogP contribution in [-0.4, -0.2) is 11.3 Å². The summed E-state index contributed by atoms with van der Waals surface area (Å²) in [5.74, 6) is 0.743. The number of allylic oxidation sites excluding steroid dienone is 3. The van der Waals surface area contributed by atoms with E-state index in [4.69, 9.17) is 8.92 Å². The van der Waals surface area contributed by atoms with E-state index in [0.29, 0.717) is 0 Å². The highest BCUT2D eigenvalue weighted by molar-refractivity contribution is 8.29. The van der Waals surface area contributed by atoms with Crippen LogP contribution in [0.3, 0.4) is 0 Å². The summed E-state index contributed by atoms with van der Waals surface area (Å²) in [6.45, 7) is 0. The maximum absolute atomic E-state index is 5.20. The molecule has 2 heterocycles. The third-order valence-electron chi connectivity index (χ3n) is 1.37. The first-order chi connectivity index (χ1) is 5.97. The van der Waals surface area contributed by atoms with Crippen molar-refractivity contribution in [2.75, 3.05) is 5.94 Å². The number of hydrogen-bond acceptors (Lipinski definition) is 3. The van der Waals surface area contributed by atoms with Gasteiger partial charge in [0.1, 0.15) is 12.2 Å². The van der Waals surface area contributed by atoms with Gasteiger partial charge < -0.3 is 8.92 Å². The molecule has 0 saturated carbocycles. The maximum Gasteiger partial charge on any atom is 0.133 e. The fraction of sp³-hybridized carbons (Fsp3) is 0.125. The molecular weight excluding hydrogens is 192 g/mol. The van der Waals surface area contributed by atoms with Gasteiger partial charge >= 0.3 is 0 Å². The van der Waals surface area contributed by atoms with Gasteiger partial charge in [0.25, 0.3) is 0 Å². The SMILES string of the molecule is C1=COCS(C2=CC=COS2)=C1. The molecule has 2 aliphatic rings. The zero-order chi connectivity index (χ0) is 8.23. The van der Waals surface area contributed by atoms with Crippen LogP contribution >= 0.6 is 22.5 Å². The number of ether oxygens (including phenoxy) is 1. The fourth-order valence-electron chi connectivity index (χ4n) is 0.843. The molecule has 0 N–H and O–H groups in total. The first kappa shape index (κ1) is 8.01. The van der Waals surface area contributed by atoms with Crippen molar-refractivity contribution >= 4 is 27.9 Å². The van der Waals surface area contributed by atoms with E-state index in [9.17, 15) is 0 Å². The second-order valence-electron chi connectivity index (χ2n) is 2.17. The summed E-state index contributed by atoms with van der Waals surface area (Å²) >= 11 is 1.41. The van der Waals surface area contributed by atoms with Crippen molar-refractivity contribution in [3.63, 3.8) is 0 Å². The monoisotopic (exact) mass is 200 g/mol. The quantitative estimate of drug-likeness (QED) is 0.479. The van der Waals surface area contributed by atoms with Gasteiger partial charge in [0.2, 0.25) is 0 Å². The summed E-state index contributed by atoms with van der Waals surface area (Å²) in [7, 11) is 0.0827. The first-order valence-electron chi connectivity index (χ1n) is 3.48. The van der Waals surface area contributed by atoms with Gasteiger partial charge in [-0.05, 0) is 23.6 Å². The Hall–Kier alpha value is -0.610. The molecule has 1 unspecified atom stereocenters. The van der Waals surface area contributed by atoms with Crippen LogP contribution in [0.5, 0.6) is 0 Å². The van der Waals surface area contributed by atoms with Crippen molar-refractivity contribution in [3.05, 3.63) is 35.0 Å². The summed E-state index contributed by atoms with van der Waals surface area (Å²) in [6, 6.07) is 0. The van der Waals surface area contributed by atoms with Gasteiger partial charge in [-0.15, -0.1) is 10.5 Å². The standard InChI is InChI=1S/C8H8O2S2/c1-3-8(11-10-5-1)12-6-2-4-9-7-12/h1-6H,7H2. The lowest BCUT2D eigenvalue weighted by molar-refractivity contribution is 0.317. The van der Waals surface area contributed by atoms with Crippen LogP contribution in [0.15, 0.2) is 35.0 Å². The van der Waals surface area contributed by atoms with Gasteiger partial charge in [0, 0.05) is 0 Å². The Bertz CT molecular complexity index is 259. The van der Waals surface area contributed by atoms with E-state index in [1.165, 1.54) is 16.3 Å². The van der Waals surface area contributed by atoms with E-state index >= 15 is 0 Å². The smallest absolute Gasteiger partial charge is 0.133 e. The summed E-state index contributed by atoms with van der Waals surface area (Å²) in [6.07, 6.45) is 9.31. The van der Waals surface area contributed by atoms with E-state index in [1.54, 1.807) is 12.5 Å². The second kappa shape index (κ2) is 3.87. The molecule has 0 aromatic rings. The Morgan fingerprint density at radius 1 is 1.33 bits per heavy atom. The Morgan fingerprint density at radius 3 is 3.00 bits per heavy atom. The molecule has 0 saturated heterocycles.